The molecule has 6 heteroatoms. The molecule has 1 unspecified atom stereocenters. The molecule has 0 spiro atoms. The fraction of sp³-hybridized carbons (Fsp3) is 0.526. The minimum Gasteiger partial charge on any atom is -0.465 e. The molecule has 1 saturated heterocycles. The topological polar surface area (TPSA) is 75.7 Å². The van der Waals surface area contributed by atoms with Crippen molar-refractivity contribution < 1.29 is 19.1 Å². The summed E-state index contributed by atoms with van der Waals surface area (Å²) in [5, 5.41) is 2.74. The number of esters is 1. The number of carbonyl (C=O) groups excluding carboxylic acids is 3. The molecule has 0 radical (unpaired) electrons. The molecule has 1 heterocycles. The Balaban J connectivity index is 1.51. The van der Waals surface area contributed by atoms with E-state index in [-0.39, 0.29) is 30.8 Å². The van der Waals surface area contributed by atoms with E-state index in [0.717, 1.165) is 24.8 Å². The SMILES string of the molecule is O=C(CC1C(=O)NCCN1C(=O)C1CCC1)OCCc1ccccc1. The van der Waals surface area contributed by atoms with Gasteiger partial charge in [0.2, 0.25) is 11.8 Å². The summed E-state index contributed by atoms with van der Waals surface area (Å²) in [6, 6.07) is 9.01. The van der Waals surface area contributed by atoms with E-state index in [2.05, 4.69) is 5.32 Å². The molecule has 1 aromatic carbocycles. The molecule has 0 aromatic heterocycles. The average molecular weight is 344 g/mol. The van der Waals surface area contributed by atoms with Crippen LogP contribution in [0.25, 0.3) is 0 Å². The predicted octanol–water partition coefficient (Wildman–Crippen LogP) is 1.29. The number of piperazine rings is 1. The summed E-state index contributed by atoms with van der Waals surface area (Å²) >= 11 is 0. The first-order chi connectivity index (χ1) is 12.1. The average Bonchev–Trinajstić information content (AvgIpc) is 2.56. The third-order valence-electron chi connectivity index (χ3n) is 4.92. The van der Waals surface area contributed by atoms with E-state index in [4.69, 9.17) is 4.74 Å². The third-order valence-corrected chi connectivity index (χ3v) is 4.92. The van der Waals surface area contributed by atoms with Crippen LogP contribution in [0.3, 0.4) is 0 Å². The Kier molecular flexibility index (Phi) is 5.68. The molecule has 1 N–H and O–H groups in total. The number of hydrogen-bond donors (Lipinski definition) is 1. The Morgan fingerprint density at radius 1 is 1.20 bits per heavy atom. The molecule has 2 aliphatic rings. The van der Waals surface area contributed by atoms with Crippen molar-refractivity contribution in [2.24, 2.45) is 5.92 Å². The smallest absolute Gasteiger partial charge is 0.308 e. The van der Waals surface area contributed by atoms with E-state index in [9.17, 15) is 14.4 Å². The van der Waals surface area contributed by atoms with Gasteiger partial charge >= 0.3 is 5.97 Å². The molecule has 0 bridgehead atoms. The standard InChI is InChI=1S/C19H24N2O4/c22-17(25-12-9-14-5-2-1-3-6-14)13-16-18(23)20-10-11-21(16)19(24)15-7-4-8-15/h1-3,5-6,15-16H,4,7-13H2,(H,20,23). The summed E-state index contributed by atoms with van der Waals surface area (Å²) in [7, 11) is 0. The predicted molar refractivity (Wildman–Crippen MR) is 91.6 cm³/mol. The molecular formula is C19H24N2O4. The highest BCUT2D eigenvalue weighted by Crippen LogP contribution is 2.29. The van der Waals surface area contributed by atoms with E-state index >= 15 is 0 Å². The van der Waals surface area contributed by atoms with Gasteiger partial charge in [0.15, 0.2) is 0 Å². The maximum atomic E-state index is 12.5. The van der Waals surface area contributed by atoms with Crippen LogP contribution in [-0.4, -0.2) is 48.4 Å². The minimum absolute atomic E-state index is 0.00295. The Labute approximate surface area is 147 Å². The molecular weight excluding hydrogens is 320 g/mol. The van der Waals surface area contributed by atoms with Crippen molar-refractivity contribution in [3.63, 3.8) is 0 Å². The van der Waals surface area contributed by atoms with E-state index in [1.165, 1.54) is 0 Å². The monoisotopic (exact) mass is 344 g/mol. The minimum atomic E-state index is -0.744. The molecule has 134 valence electrons. The van der Waals surface area contributed by atoms with Gasteiger partial charge in [-0.05, 0) is 18.4 Å². The van der Waals surface area contributed by atoms with Gasteiger partial charge in [0.25, 0.3) is 0 Å². The van der Waals surface area contributed by atoms with Crippen molar-refractivity contribution in [2.75, 3.05) is 19.7 Å². The van der Waals surface area contributed by atoms with Crippen LogP contribution < -0.4 is 5.32 Å². The van der Waals surface area contributed by atoms with Crippen LogP contribution in [0.15, 0.2) is 30.3 Å². The molecule has 2 fully saturated rings. The summed E-state index contributed by atoms with van der Waals surface area (Å²) in [5.74, 6) is -0.686. The zero-order chi connectivity index (χ0) is 17.6. The van der Waals surface area contributed by atoms with E-state index in [0.29, 0.717) is 19.5 Å². The molecule has 1 aromatic rings. The number of hydrogen-bond acceptors (Lipinski definition) is 4. The number of carbonyl (C=O) groups is 3. The van der Waals surface area contributed by atoms with E-state index < -0.39 is 12.0 Å². The number of nitrogens with zero attached hydrogens (tertiary/aromatic N) is 1. The van der Waals surface area contributed by atoms with Crippen molar-refractivity contribution in [1.29, 1.82) is 0 Å². The number of nitrogens with one attached hydrogen (secondary N) is 1. The lowest BCUT2D eigenvalue weighted by molar-refractivity contribution is -0.154. The van der Waals surface area contributed by atoms with Crippen LogP contribution >= 0.6 is 0 Å². The van der Waals surface area contributed by atoms with Crippen LogP contribution in [0, 0.1) is 5.92 Å². The Bertz CT molecular complexity index is 628. The Morgan fingerprint density at radius 3 is 2.64 bits per heavy atom. The van der Waals surface area contributed by atoms with Gasteiger partial charge in [-0.15, -0.1) is 0 Å². The largest absolute Gasteiger partial charge is 0.465 e. The van der Waals surface area contributed by atoms with Crippen LogP contribution in [0.5, 0.6) is 0 Å². The van der Waals surface area contributed by atoms with Gasteiger partial charge in [0.05, 0.1) is 13.0 Å². The van der Waals surface area contributed by atoms with Crippen molar-refractivity contribution >= 4 is 17.8 Å². The van der Waals surface area contributed by atoms with Crippen molar-refractivity contribution in [2.45, 2.75) is 38.1 Å². The van der Waals surface area contributed by atoms with Crippen LogP contribution in [0.1, 0.15) is 31.2 Å². The number of rotatable bonds is 6. The number of ether oxygens (including phenoxy) is 1. The second-order valence-corrected chi connectivity index (χ2v) is 6.63. The lowest BCUT2D eigenvalue weighted by atomic mass is 9.83. The zero-order valence-corrected chi connectivity index (χ0v) is 14.3. The van der Waals surface area contributed by atoms with Gasteiger partial charge in [0, 0.05) is 25.4 Å². The summed E-state index contributed by atoms with van der Waals surface area (Å²) in [6.45, 7) is 1.17. The highest BCUT2D eigenvalue weighted by Gasteiger charge is 2.39. The van der Waals surface area contributed by atoms with Crippen molar-refractivity contribution in [3.05, 3.63) is 35.9 Å². The van der Waals surface area contributed by atoms with Gasteiger partial charge in [-0.2, -0.15) is 0 Å². The Hall–Kier alpha value is -2.37. The molecule has 1 atom stereocenters. The van der Waals surface area contributed by atoms with E-state index in [1.807, 2.05) is 30.3 Å². The molecule has 1 aliphatic heterocycles. The molecule has 2 amide bonds. The first kappa shape index (κ1) is 17.5. The zero-order valence-electron chi connectivity index (χ0n) is 14.3. The van der Waals surface area contributed by atoms with Crippen LogP contribution in [0.4, 0.5) is 0 Å². The third kappa shape index (κ3) is 4.38. The first-order valence-electron chi connectivity index (χ1n) is 8.93. The molecule has 1 saturated carbocycles. The number of amides is 2. The van der Waals surface area contributed by atoms with Gasteiger partial charge in [-0.25, -0.2) is 0 Å². The summed E-state index contributed by atoms with van der Waals surface area (Å²) < 4.78 is 5.27. The highest BCUT2D eigenvalue weighted by molar-refractivity contribution is 5.92. The maximum absolute atomic E-state index is 12.5. The lowest BCUT2D eigenvalue weighted by Gasteiger charge is -2.38. The normalized spacial score (nSPS) is 20.6. The highest BCUT2D eigenvalue weighted by atomic mass is 16.5. The van der Waals surface area contributed by atoms with Crippen LogP contribution in [-0.2, 0) is 25.5 Å². The second-order valence-electron chi connectivity index (χ2n) is 6.63. The van der Waals surface area contributed by atoms with E-state index in [1.54, 1.807) is 4.90 Å². The van der Waals surface area contributed by atoms with Crippen molar-refractivity contribution in [3.8, 4) is 0 Å². The fourth-order valence-corrected chi connectivity index (χ4v) is 3.22. The molecule has 3 rings (SSSR count). The first-order valence-corrected chi connectivity index (χ1v) is 8.93. The quantitative estimate of drug-likeness (QED) is 0.789. The summed E-state index contributed by atoms with van der Waals surface area (Å²) in [6.07, 6.45) is 3.37. The maximum Gasteiger partial charge on any atom is 0.308 e. The summed E-state index contributed by atoms with van der Waals surface area (Å²) in [4.78, 5) is 38.4. The summed E-state index contributed by atoms with van der Waals surface area (Å²) in [5.41, 5.74) is 1.09. The van der Waals surface area contributed by atoms with Crippen molar-refractivity contribution in [1.82, 2.24) is 10.2 Å². The van der Waals surface area contributed by atoms with Gasteiger partial charge in [-0.3, -0.25) is 14.4 Å². The van der Waals surface area contributed by atoms with Gasteiger partial charge in [0.1, 0.15) is 6.04 Å². The lowest BCUT2D eigenvalue weighted by Crippen LogP contribution is -2.59. The molecule has 1 aliphatic carbocycles. The number of benzene rings is 1. The van der Waals surface area contributed by atoms with Gasteiger partial charge < -0.3 is 15.0 Å². The molecule has 6 nitrogen and oxygen atoms in total. The fourth-order valence-electron chi connectivity index (χ4n) is 3.22. The Morgan fingerprint density at radius 2 is 1.96 bits per heavy atom. The molecule has 25 heavy (non-hydrogen) atoms. The second kappa shape index (κ2) is 8.14. The van der Waals surface area contributed by atoms with Gasteiger partial charge in [-0.1, -0.05) is 36.8 Å². The van der Waals surface area contributed by atoms with Crippen LogP contribution in [0.2, 0.25) is 0 Å².